The molecule has 2 aromatic rings. The van der Waals surface area contributed by atoms with Gasteiger partial charge in [0, 0.05) is 0 Å². The van der Waals surface area contributed by atoms with Gasteiger partial charge in [-0.05, 0) is 36.4 Å². The molecule has 0 radical (unpaired) electrons. The van der Waals surface area contributed by atoms with Crippen LogP contribution < -0.4 is 9.47 Å². The summed E-state index contributed by atoms with van der Waals surface area (Å²) in [4.78, 5) is 0. The van der Waals surface area contributed by atoms with E-state index in [0.717, 1.165) is 17.2 Å². The molecule has 0 atom stereocenters. The first kappa shape index (κ1) is 14.2. The van der Waals surface area contributed by atoms with Crippen molar-refractivity contribution in [2.24, 2.45) is 0 Å². The van der Waals surface area contributed by atoms with Crippen LogP contribution in [-0.2, 0) is 4.74 Å². The van der Waals surface area contributed by atoms with Gasteiger partial charge < -0.3 is 14.2 Å². The van der Waals surface area contributed by atoms with E-state index >= 15 is 0 Å². The monoisotopic (exact) mass is 270 g/mol. The minimum Gasteiger partial charge on any atom is -0.491 e. The Morgan fingerprint density at radius 3 is 2.15 bits per heavy atom. The molecular formula is C17H18O3. The van der Waals surface area contributed by atoms with Crippen molar-refractivity contribution in [3.05, 3.63) is 67.3 Å². The molecule has 0 aromatic heterocycles. The molecule has 104 valence electrons. The summed E-state index contributed by atoms with van der Waals surface area (Å²) in [5.41, 5.74) is 0. The zero-order chi connectivity index (χ0) is 14.0. The summed E-state index contributed by atoms with van der Waals surface area (Å²) in [5, 5.41) is 0. The summed E-state index contributed by atoms with van der Waals surface area (Å²) >= 11 is 0. The molecule has 3 nitrogen and oxygen atoms in total. The highest BCUT2D eigenvalue weighted by atomic mass is 16.5. The summed E-state index contributed by atoms with van der Waals surface area (Å²) in [6.07, 6.45) is 1.72. The van der Waals surface area contributed by atoms with Crippen LogP contribution in [0.25, 0.3) is 0 Å². The quantitative estimate of drug-likeness (QED) is 0.535. The predicted octanol–water partition coefficient (Wildman–Crippen LogP) is 4.06. The molecule has 0 heterocycles. The highest BCUT2D eigenvalue weighted by molar-refractivity contribution is 5.35. The van der Waals surface area contributed by atoms with E-state index in [1.807, 2.05) is 54.6 Å². The first-order chi connectivity index (χ1) is 9.88. The molecule has 0 unspecified atom stereocenters. The van der Waals surface area contributed by atoms with Crippen LogP contribution in [0.2, 0.25) is 0 Å². The molecule has 0 saturated heterocycles. The van der Waals surface area contributed by atoms with Crippen LogP contribution >= 0.6 is 0 Å². The lowest BCUT2D eigenvalue weighted by Gasteiger charge is -2.08. The Bertz CT molecular complexity index is 506. The minimum atomic E-state index is 0.521. The third-order valence-corrected chi connectivity index (χ3v) is 2.53. The number of rotatable bonds is 8. The first-order valence-electron chi connectivity index (χ1n) is 6.53. The second-order valence-electron chi connectivity index (χ2n) is 4.10. The van der Waals surface area contributed by atoms with Gasteiger partial charge in [0.1, 0.15) is 23.9 Å². The highest BCUT2D eigenvalue weighted by Crippen LogP contribution is 2.23. The van der Waals surface area contributed by atoms with Crippen molar-refractivity contribution in [2.45, 2.75) is 0 Å². The van der Waals surface area contributed by atoms with Gasteiger partial charge in [0.05, 0.1) is 13.2 Å². The molecule has 0 saturated carbocycles. The maximum absolute atomic E-state index is 5.70. The molecule has 0 spiro atoms. The van der Waals surface area contributed by atoms with Crippen molar-refractivity contribution < 1.29 is 14.2 Å². The van der Waals surface area contributed by atoms with Crippen molar-refractivity contribution >= 4 is 0 Å². The fourth-order valence-corrected chi connectivity index (χ4v) is 1.61. The van der Waals surface area contributed by atoms with Gasteiger partial charge >= 0.3 is 0 Å². The van der Waals surface area contributed by atoms with Crippen molar-refractivity contribution in [3.63, 3.8) is 0 Å². The molecule has 0 fully saturated rings. The smallest absolute Gasteiger partial charge is 0.127 e. The van der Waals surface area contributed by atoms with E-state index in [-0.39, 0.29) is 0 Å². The van der Waals surface area contributed by atoms with Crippen molar-refractivity contribution in [1.82, 2.24) is 0 Å². The largest absolute Gasteiger partial charge is 0.491 e. The second kappa shape index (κ2) is 8.02. The maximum Gasteiger partial charge on any atom is 0.127 e. The van der Waals surface area contributed by atoms with E-state index in [9.17, 15) is 0 Å². The molecule has 3 heteroatoms. The van der Waals surface area contributed by atoms with Gasteiger partial charge in [0.25, 0.3) is 0 Å². The molecule has 0 aliphatic carbocycles. The van der Waals surface area contributed by atoms with Gasteiger partial charge in [-0.3, -0.25) is 0 Å². The van der Waals surface area contributed by atoms with Crippen LogP contribution in [0.3, 0.4) is 0 Å². The maximum atomic E-state index is 5.70. The Morgan fingerprint density at radius 1 is 0.800 bits per heavy atom. The Hall–Kier alpha value is -2.26. The third-order valence-electron chi connectivity index (χ3n) is 2.53. The SMILES string of the molecule is C=CCOCCOc1ccc(Oc2ccccc2)cc1. The topological polar surface area (TPSA) is 27.7 Å². The predicted molar refractivity (Wildman–Crippen MR) is 79.5 cm³/mol. The zero-order valence-corrected chi connectivity index (χ0v) is 11.3. The molecule has 2 rings (SSSR count). The Labute approximate surface area is 119 Å². The summed E-state index contributed by atoms with van der Waals surface area (Å²) in [7, 11) is 0. The summed E-state index contributed by atoms with van der Waals surface area (Å²) in [6, 6.07) is 17.2. The fourth-order valence-electron chi connectivity index (χ4n) is 1.61. The van der Waals surface area contributed by atoms with E-state index in [2.05, 4.69) is 6.58 Å². The Morgan fingerprint density at radius 2 is 1.45 bits per heavy atom. The van der Waals surface area contributed by atoms with Crippen molar-refractivity contribution in [3.8, 4) is 17.2 Å². The summed E-state index contributed by atoms with van der Waals surface area (Å²) < 4.78 is 16.5. The Kier molecular flexibility index (Phi) is 5.68. The summed E-state index contributed by atoms with van der Waals surface area (Å²) in [5.74, 6) is 2.40. The van der Waals surface area contributed by atoms with Crippen LogP contribution in [0.15, 0.2) is 67.3 Å². The lowest BCUT2D eigenvalue weighted by molar-refractivity contribution is 0.121. The van der Waals surface area contributed by atoms with E-state index in [0.29, 0.717) is 19.8 Å². The van der Waals surface area contributed by atoms with Crippen LogP contribution in [0.1, 0.15) is 0 Å². The average molecular weight is 270 g/mol. The van der Waals surface area contributed by atoms with Crippen molar-refractivity contribution in [1.29, 1.82) is 0 Å². The van der Waals surface area contributed by atoms with Crippen LogP contribution in [0.5, 0.6) is 17.2 Å². The van der Waals surface area contributed by atoms with Gasteiger partial charge in [-0.25, -0.2) is 0 Å². The van der Waals surface area contributed by atoms with Gasteiger partial charge in [-0.1, -0.05) is 24.3 Å². The van der Waals surface area contributed by atoms with E-state index in [1.54, 1.807) is 6.08 Å². The normalized spacial score (nSPS) is 10.0. The first-order valence-corrected chi connectivity index (χ1v) is 6.53. The van der Waals surface area contributed by atoms with Crippen LogP contribution in [-0.4, -0.2) is 19.8 Å². The van der Waals surface area contributed by atoms with Crippen molar-refractivity contribution in [2.75, 3.05) is 19.8 Å². The standard InChI is InChI=1S/C17H18O3/c1-2-12-18-13-14-19-15-8-10-17(11-9-15)20-16-6-4-3-5-7-16/h2-11H,1,12-14H2. The molecular weight excluding hydrogens is 252 g/mol. The van der Waals surface area contributed by atoms with E-state index in [4.69, 9.17) is 14.2 Å². The second-order valence-corrected chi connectivity index (χ2v) is 4.10. The Balaban J connectivity index is 1.79. The number of hydrogen-bond acceptors (Lipinski definition) is 3. The highest BCUT2D eigenvalue weighted by Gasteiger charge is 1.98. The molecule has 0 aliphatic rings. The summed E-state index contributed by atoms with van der Waals surface area (Å²) in [6.45, 7) is 5.20. The van der Waals surface area contributed by atoms with Gasteiger partial charge in [-0.15, -0.1) is 6.58 Å². The zero-order valence-electron chi connectivity index (χ0n) is 11.3. The van der Waals surface area contributed by atoms with Gasteiger partial charge in [-0.2, -0.15) is 0 Å². The molecule has 0 amide bonds. The van der Waals surface area contributed by atoms with E-state index < -0.39 is 0 Å². The lowest BCUT2D eigenvalue weighted by Crippen LogP contribution is -2.06. The van der Waals surface area contributed by atoms with Gasteiger partial charge in [0.15, 0.2) is 0 Å². The number of hydrogen-bond donors (Lipinski definition) is 0. The molecule has 0 aliphatic heterocycles. The van der Waals surface area contributed by atoms with Crippen LogP contribution in [0, 0.1) is 0 Å². The average Bonchev–Trinajstić information content (AvgIpc) is 2.50. The van der Waals surface area contributed by atoms with Crippen LogP contribution in [0.4, 0.5) is 0 Å². The number of benzene rings is 2. The molecule has 2 aromatic carbocycles. The number of para-hydroxylation sites is 1. The molecule has 0 N–H and O–H groups in total. The lowest BCUT2D eigenvalue weighted by atomic mass is 10.3. The number of ether oxygens (including phenoxy) is 3. The third kappa shape index (κ3) is 4.78. The fraction of sp³-hybridized carbons (Fsp3) is 0.176. The molecule has 20 heavy (non-hydrogen) atoms. The van der Waals surface area contributed by atoms with E-state index in [1.165, 1.54) is 0 Å². The van der Waals surface area contributed by atoms with Gasteiger partial charge in [0.2, 0.25) is 0 Å². The molecule has 0 bridgehead atoms. The minimum absolute atomic E-state index is 0.521.